The van der Waals surface area contributed by atoms with Crippen LogP contribution < -0.4 is 15.8 Å². The first-order chi connectivity index (χ1) is 16.8. The lowest BCUT2D eigenvalue weighted by atomic mass is 10.0. The van der Waals surface area contributed by atoms with Crippen LogP contribution >= 0.6 is 0 Å². The van der Waals surface area contributed by atoms with Gasteiger partial charge in [-0.1, -0.05) is 25.1 Å². The number of carbonyl (C=O) groups is 2. The van der Waals surface area contributed by atoms with Crippen molar-refractivity contribution in [1.82, 2.24) is 25.0 Å². The monoisotopic (exact) mass is 481 g/mol. The minimum absolute atomic E-state index is 0.318. The summed E-state index contributed by atoms with van der Waals surface area (Å²) in [5.74, 6) is 0.491. The van der Waals surface area contributed by atoms with E-state index < -0.39 is 11.8 Å². The van der Waals surface area contributed by atoms with Gasteiger partial charge in [-0.25, -0.2) is 4.98 Å². The Morgan fingerprint density at radius 1 is 1.29 bits per heavy atom. The van der Waals surface area contributed by atoms with Crippen LogP contribution in [-0.4, -0.2) is 76.6 Å². The van der Waals surface area contributed by atoms with E-state index in [1.807, 2.05) is 30.3 Å². The molecule has 4 rings (SSSR count). The maximum Gasteiger partial charge on any atom is 0.314 e. The van der Waals surface area contributed by atoms with Crippen molar-refractivity contribution in [3.8, 4) is 5.75 Å². The predicted molar refractivity (Wildman–Crippen MR) is 137 cm³/mol. The van der Waals surface area contributed by atoms with Crippen molar-refractivity contribution in [2.45, 2.75) is 32.7 Å². The Hall–Kier alpha value is -3.66. The van der Waals surface area contributed by atoms with Gasteiger partial charge < -0.3 is 25.6 Å². The number of nitrogen functional groups attached to an aromatic ring is 1. The summed E-state index contributed by atoms with van der Waals surface area (Å²) in [6.45, 7) is 6.19. The van der Waals surface area contributed by atoms with Crippen LogP contribution in [0.15, 0.2) is 42.7 Å². The van der Waals surface area contributed by atoms with Crippen molar-refractivity contribution in [1.29, 1.82) is 0 Å². The highest BCUT2D eigenvalue weighted by molar-refractivity contribution is 6.40. The number of anilines is 2. The van der Waals surface area contributed by atoms with Crippen LogP contribution in [0.3, 0.4) is 0 Å². The number of nitrogens with zero attached hydrogens (tertiary/aromatic N) is 4. The molecular formula is C25H35N7O3. The molecule has 2 aromatic heterocycles. The maximum absolute atomic E-state index is 12.2. The number of fused-ring (bicyclic) bond motifs is 1. The molecule has 0 aliphatic carbocycles. The summed E-state index contributed by atoms with van der Waals surface area (Å²) in [6, 6.07) is 10.3. The number of aromatic amines is 1. The molecule has 2 amide bonds. The summed E-state index contributed by atoms with van der Waals surface area (Å²) < 4.78 is 5.59. The zero-order valence-corrected chi connectivity index (χ0v) is 20.8. The van der Waals surface area contributed by atoms with Crippen LogP contribution in [0, 0.1) is 5.92 Å². The number of piperidine rings is 1. The Balaban J connectivity index is 0.000000225. The Morgan fingerprint density at radius 3 is 2.71 bits per heavy atom. The molecule has 4 N–H and O–H groups in total. The molecule has 1 fully saturated rings. The van der Waals surface area contributed by atoms with Crippen LogP contribution in [0.25, 0.3) is 10.9 Å². The van der Waals surface area contributed by atoms with E-state index in [9.17, 15) is 9.59 Å². The van der Waals surface area contributed by atoms with E-state index in [-0.39, 0.29) is 0 Å². The number of amides is 2. The zero-order valence-electron chi connectivity index (χ0n) is 20.8. The molecule has 2 atom stereocenters. The molecule has 3 aromatic rings. The Labute approximate surface area is 205 Å². The number of H-pyrrole nitrogens is 1. The average molecular weight is 482 g/mol. The minimum atomic E-state index is -0.670. The fraction of sp³-hybridized carbons (Fsp3) is 0.440. The lowest BCUT2D eigenvalue weighted by Crippen LogP contribution is -2.44. The number of likely N-dealkylation sites (N-methyl/N-ethyl adjacent to an activating group) is 1. The highest BCUT2D eigenvalue weighted by atomic mass is 16.5. The Morgan fingerprint density at radius 2 is 2.03 bits per heavy atom. The summed E-state index contributed by atoms with van der Waals surface area (Å²) >= 11 is 0. The standard InChI is InChI=1S/C14H18N6O2.C11H17NO/c1-8-3-2-4-20(7-8)14(22)13(21)18-10-6-16-12(15)9-5-17-19-11(9)10;1-10(12(2)3)9-13-11-7-5-4-6-8-11/h5-6,8H,2-4,7H2,1H3,(H2,15,16)(H,17,19)(H,18,21);4-8,10H,9H2,1-3H3. The molecule has 35 heavy (non-hydrogen) atoms. The van der Waals surface area contributed by atoms with Gasteiger partial charge in [0.1, 0.15) is 18.2 Å². The summed E-state index contributed by atoms with van der Waals surface area (Å²) in [6.07, 6.45) is 4.96. The smallest absolute Gasteiger partial charge is 0.314 e. The molecule has 3 heterocycles. The first-order valence-corrected chi connectivity index (χ1v) is 11.8. The average Bonchev–Trinajstić information content (AvgIpc) is 3.36. The summed E-state index contributed by atoms with van der Waals surface area (Å²) in [5.41, 5.74) is 6.68. The van der Waals surface area contributed by atoms with Crippen molar-refractivity contribution in [2.24, 2.45) is 5.92 Å². The van der Waals surface area contributed by atoms with Gasteiger partial charge in [0.05, 0.1) is 29.0 Å². The molecule has 2 unspecified atom stereocenters. The number of hydrogen-bond donors (Lipinski definition) is 3. The van der Waals surface area contributed by atoms with Gasteiger partial charge in [-0.05, 0) is 51.9 Å². The number of para-hydroxylation sites is 1. The Kier molecular flexibility index (Phi) is 9.02. The number of likely N-dealkylation sites (tertiary alicyclic amines) is 1. The lowest BCUT2D eigenvalue weighted by molar-refractivity contribution is -0.144. The maximum atomic E-state index is 12.2. The second-order valence-corrected chi connectivity index (χ2v) is 9.11. The summed E-state index contributed by atoms with van der Waals surface area (Å²) in [4.78, 5) is 32.1. The van der Waals surface area contributed by atoms with E-state index in [1.54, 1.807) is 4.90 Å². The molecule has 10 heteroatoms. The fourth-order valence-corrected chi connectivity index (χ4v) is 3.62. The van der Waals surface area contributed by atoms with Crippen molar-refractivity contribution >= 4 is 34.2 Å². The van der Waals surface area contributed by atoms with E-state index in [1.165, 1.54) is 12.4 Å². The first-order valence-electron chi connectivity index (χ1n) is 11.8. The number of rotatable bonds is 5. The lowest BCUT2D eigenvalue weighted by Gasteiger charge is -2.30. The van der Waals surface area contributed by atoms with Gasteiger partial charge in [-0.15, -0.1) is 0 Å². The van der Waals surface area contributed by atoms with Gasteiger partial charge in [-0.2, -0.15) is 5.10 Å². The van der Waals surface area contributed by atoms with E-state index in [4.69, 9.17) is 10.5 Å². The van der Waals surface area contributed by atoms with Gasteiger partial charge >= 0.3 is 11.8 Å². The topological polar surface area (TPSA) is 129 Å². The molecule has 0 saturated carbocycles. The van der Waals surface area contributed by atoms with Gasteiger partial charge in [0.2, 0.25) is 0 Å². The first kappa shape index (κ1) is 26.0. The van der Waals surface area contributed by atoms with Crippen molar-refractivity contribution in [3.05, 3.63) is 42.7 Å². The number of hydrogen-bond acceptors (Lipinski definition) is 7. The van der Waals surface area contributed by atoms with Crippen molar-refractivity contribution in [2.75, 3.05) is 44.8 Å². The molecule has 1 saturated heterocycles. The largest absolute Gasteiger partial charge is 0.492 e. The molecule has 10 nitrogen and oxygen atoms in total. The molecule has 1 aromatic carbocycles. The van der Waals surface area contributed by atoms with Crippen LogP contribution in [0.1, 0.15) is 26.7 Å². The molecule has 0 radical (unpaired) electrons. The van der Waals surface area contributed by atoms with E-state index in [2.05, 4.69) is 53.3 Å². The van der Waals surface area contributed by atoms with Gasteiger partial charge in [0.25, 0.3) is 0 Å². The predicted octanol–water partition coefficient (Wildman–Crippen LogP) is 2.75. The van der Waals surface area contributed by atoms with E-state index in [0.717, 1.165) is 25.2 Å². The van der Waals surface area contributed by atoms with Gasteiger partial charge in [0.15, 0.2) is 0 Å². The van der Waals surface area contributed by atoms with Crippen LogP contribution in [0.2, 0.25) is 0 Å². The number of nitrogens with one attached hydrogen (secondary N) is 2. The highest BCUT2D eigenvalue weighted by Gasteiger charge is 2.26. The number of ether oxygens (including phenoxy) is 1. The second kappa shape index (κ2) is 12.2. The molecule has 1 aliphatic rings. The summed E-state index contributed by atoms with van der Waals surface area (Å²) in [5, 5.41) is 9.83. The number of carbonyl (C=O) groups excluding carboxylic acids is 2. The highest BCUT2D eigenvalue weighted by Crippen LogP contribution is 2.24. The SMILES string of the molecule is CC(COc1ccccc1)N(C)C.CC1CCCN(C(=O)C(=O)Nc2cnc(N)c3cn[nH]c23)C1. The number of nitrogens with two attached hydrogens (primary N) is 1. The molecule has 0 spiro atoms. The van der Waals surface area contributed by atoms with Crippen LogP contribution in [-0.2, 0) is 9.59 Å². The number of pyridine rings is 1. The quantitative estimate of drug-likeness (QED) is 0.478. The van der Waals surface area contributed by atoms with Gasteiger partial charge in [-0.3, -0.25) is 14.7 Å². The summed E-state index contributed by atoms with van der Waals surface area (Å²) in [7, 11) is 4.11. The molecule has 188 valence electrons. The number of aromatic nitrogens is 3. The minimum Gasteiger partial charge on any atom is -0.492 e. The Bertz CT molecular complexity index is 1120. The zero-order chi connectivity index (χ0) is 25.4. The van der Waals surface area contributed by atoms with Crippen LogP contribution in [0.4, 0.5) is 11.5 Å². The molecular weight excluding hydrogens is 446 g/mol. The van der Waals surface area contributed by atoms with Gasteiger partial charge in [0, 0.05) is 19.1 Å². The van der Waals surface area contributed by atoms with Crippen molar-refractivity contribution in [3.63, 3.8) is 0 Å². The second-order valence-electron chi connectivity index (χ2n) is 9.11. The third-order valence-corrected chi connectivity index (χ3v) is 6.02. The van der Waals surface area contributed by atoms with E-state index >= 15 is 0 Å². The van der Waals surface area contributed by atoms with E-state index in [0.29, 0.717) is 47.5 Å². The molecule has 1 aliphatic heterocycles. The third-order valence-electron chi connectivity index (χ3n) is 6.02. The van der Waals surface area contributed by atoms with Crippen LogP contribution in [0.5, 0.6) is 5.75 Å². The third kappa shape index (κ3) is 7.16. The van der Waals surface area contributed by atoms with Crippen molar-refractivity contribution < 1.29 is 14.3 Å². The normalized spacial score (nSPS) is 16.4. The molecule has 0 bridgehead atoms. The fourth-order valence-electron chi connectivity index (χ4n) is 3.62. The number of benzene rings is 1.